The van der Waals surface area contributed by atoms with Crippen molar-refractivity contribution in [2.24, 2.45) is 5.41 Å². The largest absolute Gasteiger partial charge is 0.393 e. The van der Waals surface area contributed by atoms with Crippen molar-refractivity contribution in [1.29, 1.82) is 0 Å². The summed E-state index contributed by atoms with van der Waals surface area (Å²) in [5, 5.41) is 9.74. The quantitative estimate of drug-likeness (QED) is 0.880. The molecule has 2 saturated heterocycles. The van der Waals surface area contributed by atoms with Crippen LogP contribution in [0.2, 0.25) is 0 Å². The number of aromatic nitrogens is 1. The molecule has 1 atom stereocenters. The van der Waals surface area contributed by atoms with Crippen LogP contribution >= 0.6 is 0 Å². The third kappa shape index (κ3) is 3.08. The topological polar surface area (TPSA) is 56.7 Å². The van der Waals surface area contributed by atoms with Gasteiger partial charge in [-0.15, -0.1) is 0 Å². The number of carbonyl (C=O) groups is 1. The van der Waals surface area contributed by atoms with Gasteiger partial charge in [0.05, 0.1) is 17.2 Å². The molecule has 3 aliphatic rings. The van der Waals surface area contributed by atoms with Gasteiger partial charge in [0.2, 0.25) is 5.91 Å². The Labute approximate surface area is 154 Å². The van der Waals surface area contributed by atoms with E-state index in [4.69, 9.17) is 0 Å². The smallest absolute Gasteiger partial charge is 0.230 e. The fourth-order valence-electron chi connectivity index (χ4n) is 4.98. The van der Waals surface area contributed by atoms with Crippen LogP contribution in [0.5, 0.6) is 0 Å². The second-order valence-corrected chi connectivity index (χ2v) is 8.25. The molecule has 1 amide bonds. The zero-order chi connectivity index (χ0) is 18.3. The average Bonchev–Trinajstić information content (AvgIpc) is 2.94. The lowest BCUT2D eigenvalue weighted by Crippen LogP contribution is -2.50. The summed E-state index contributed by atoms with van der Waals surface area (Å²) in [4.78, 5) is 21.9. The summed E-state index contributed by atoms with van der Waals surface area (Å²) in [5.74, 6) is 0.764. The van der Waals surface area contributed by atoms with Crippen molar-refractivity contribution < 1.29 is 14.3 Å². The highest BCUT2D eigenvalue weighted by molar-refractivity contribution is 5.86. The highest BCUT2D eigenvalue weighted by atomic mass is 19.1. The summed E-state index contributed by atoms with van der Waals surface area (Å²) in [6.07, 6.45) is 5.99. The first-order valence-corrected chi connectivity index (χ1v) is 9.86. The second kappa shape index (κ2) is 6.80. The van der Waals surface area contributed by atoms with Crippen LogP contribution in [0.3, 0.4) is 0 Å². The molecule has 4 rings (SSSR count). The van der Waals surface area contributed by atoms with Crippen LogP contribution in [-0.2, 0) is 4.79 Å². The molecule has 6 heteroatoms. The van der Waals surface area contributed by atoms with Gasteiger partial charge < -0.3 is 14.9 Å². The van der Waals surface area contributed by atoms with Crippen molar-refractivity contribution in [2.75, 3.05) is 24.5 Å². The normalized spacial score (nSPS) is 32.5. The molecule has 0 bridgehead atoms. The number of hydrogen-bond donors (Lipinski definition) is 1. The average molecular weight is 361 g/mol. The minimum absolute atomic E-state index is 0.198. The number of amides is 1. The van der Waals surface area contributed by atoms with Gasteiger partial charge in [0.25, 0.3) is 0 Å². The molecular formula is C20H28FN3O2. The minimum atomic E-state index is -0.321. The molecule has 2 aliphatic heterocycles. The highest BCUT2D eigenvalue weighted by Crippen LogP contribution is 2.43. The number of piperidine rings is 1. The van der Waals surface area contributed by atoms with E-state index in [1.54, 1.807) is 13.0 Å². The van der Waals surface area contributed by atoms with E-state index in [2.05, 4.69) is 14.8 Å². The fraction of sp³-hybridized carbons (Fsp3) is 0.700. The van der Waals surface area contributed by atoms with Crippen molar-refractivity contribution in [2.45, 2.75) is 64.0 Å². The van der Waals surface area contributed by atoms with Crippen molar-refractivity contribution in [3.05, 3.63) is 23.6 Å². The van der Waals surface area contributed by atoms with Crippen LogP contribution in [-0.4, -0.2) is 52.7 Å². The Hall–Kier alpha value is -1.69. The summed E-state index contributed by atoms with van der Waals surface area (Å²) in [6.45, 7) is 4.04. The molecule has 142 valence electrons. The molecule has 1 spiro atoms. The van der Waals surface area contributed by atoms with Gasteiger partial charge in [-0.1, -0.05) is 0 Å². The Kier molecular flexibility index (Phi) is 4.63. The number of rotatable bonds is 2. The Bertz CT molecular complexity index is 690. The van der Waals surface area contributed by atoms with Gasteiger partial charge in [-0.05, 0) is 64.0 Å². The van der Waals surface area contributed by atoms with E-state index in [1.165, 1.54) is 6.07 Å². The number of carbonyl (C=O) groups excluding carboxylic acids is 1. The number of pyridine rings is 1. The number of aliphatic hydroxyl groups is 1. The van der Waals surface area contributed by atoms with Gasteiger partial charge in [0.15, 0.2) is 0 Å². The van der Waals surface area contributed by atoms with Crippen molar-refractivity contribution >= 4 is 11.7 Å². The van der Waals surface area contributed by atoms with Crippen molar-refractivity contribution in [3.8, 4) is 0 Å². The zero-order valence-electron chi connectivity index (χ0n) is 15.5. The number of likely N-dealkylation sites (tertiary alicyclic amines) is 1. The molecule has 26 heavy (non-hydrogen) atoms. The van der Waals surface area contributed by atoms with Crippen LogP contribution < -0.4 is 4.90 Å². The van der Waals surface area contributed by atoms with E-state index >= 15 is 0 Å². The number of aliphatic hydroxyl groups excluding tert-OH is 1. The fourth-order valence-corrected chi connectivity index (χ4v) is 4.98. The summed E-state index contributed by atoms with van der Waals surface area (Å²) < 4.78 is 13.5. The molecule has 1 aliphatic carbocycles. The van der Waals surface area contributed by atoms with Gasteiger partial charge in [0, 0.05) is 25.7 Å². The standard InChI is InChI=1S/C20H28FN3O2/c1-14-17(21)7-8-18(22-14)23-11-2-9-20(13-23)10-12-24(19(20)26)15-3-5-16(25)6-4-15/h7-8,15-16,25H,2-6,9-13H2,1H3/t15-,16-,20?. The molecule has 1 aromatic rings. The first-order chi connectivity index (χ1) is 12.5. The molecule has 0 radical (unpaired) electrons. The monoisotopic (exact) mass is 361 g/mol. The maximum atomic E-state index is 13.5. The first kappa shape index (κ1) is 17.7. The third-order valence-corrected chi connectivity index (χ3v) is 6.56. The van der Waals surface area contributed by atoms with E-state index in [-0.39, 0.29) is 29.3 Å². The molecule has 1 unspecified atom stereocenters. The molecule has 1 aromatic heterocycles. The second-order valence-electron chi connectivity index (χ2n) is 8.25. The van der Waals surface area contributed by atoms with E-state index in [0.717, 1.165) is 63.9 Å². The molecule has 3 heterocycles. The minimum Gasteiger partial charge on any atom is -0.393 e. The molecule has 5 nitrogen and oxygen atoms in total. The van der Waals surface area contributed by atoms with Gasteiger partial charge in [-0.2, -0.15) is 0 Å². The maximum Gasteiger partial charge on any atom is 0.230 e. The Balaban J connectivity index is 1.49. The van der Waals surface area contributed by atoms with E-state index in [9.17, 15) is 14.3 Å². The maximum absolute atomic E-state index is 13.5. The molecular weight excluding hydrogens is 333 g/mol. The zero-order valence-corrected chi connectivity index (χ0v) is 15.5. The van der Waals surface area contributed by atoms with Crippen LogP contribution in [0.25, 0.3) is 0 Å². The van der Waals surface area contributed by atoms with Crippen molar-refractivity contribution in [1.82, 2.24) is 9.88 Å². The number of aryl methyl sites for hydroxylation is 1. The van der Waals surface area contributed by atoms with Gasteiger partial charge in [0.1, 0.15) is 11.6 Å². The van der Waals surface area contributed by atoms with E-state index in [1.807, 2.05) is 0 Å². The summed E-state index contributed by atoms with van der Waals surface area (Å²) >= 11 is 0. The third-order valence-electron chi connectivity index (χ3n) is 6.56. The molecule has 3 fully saturated rings. The van der Waals surface area contributed by atoms with Gasteiger partial charge in [-0.3, -0.25) is 4.79 Å². The van der Waals surface area contributed by atoms with E-state index in [0.29, 0.717) is 12.2 Å². The predicted octanol–water partition coefficient (Wildman–Crippen LogP) is 2.65. The summed E-state index contributed by atoms with van der Waals surface area (Å²) in [7, 11) is 0. The molecule has 1 N–H and O–H groups in total. The van der Waals surface area contributed by atoms with Crippen LogP contribution in [0, 0.1) is 18.2 Å². The summed E-state index contributed by atoms with van der Waals surface area (Å²) in [6, 6.07) is 3.47. The SMILES string of the molecule is Cc1nc(N2CCCC3(CCN([C@H]4CC[C@H](O)CC4)C3=O)C2)ccc1F. The number of nitrogens with zero attached hydrogens (tertiary/aromatic N) is 3. The van der Waals surface area contributed by atoms with Crippen LogP contribution in [0.1, 0.15) is 50.6 Å². The molecule has 0 aromatic carbocycles. The Morgan fingerprint density at radius 1 is 1.19 bits per heavy atom. The first-order valence-electron chi connectivity index (χ1n) is 9.86. The molecule has 1 saturated carbocycles. The Morgan fingerprint density at radius 2 is 1.96 bits per heavy atom. The predicted molar refractivity (Wildman–Crippen MR) is 97.4 cm³/mol. The van der Waals surface area contributed by atoms with E-state index < -0.39 is 0 Å². The Morgan fingerprint density at radius 3 is 2.69 bits per heavy atom. The number of halogens is 1. The lowest BCUT2D eigenvalue weighted by Gasteiger charge is -2.41. The lowest BCUT2D eigenvalue weighted by atomic mass is 9.78. The number of hydrogen-bond acceptors (Lipinski definition) is 4. The number of anilines is 1. The van der Waals surface area contributed by atoms with Gasteiger partial charge in [-0.25, -0.2) is 9.37 Å². The van der Waals surface area contributed by atoms with Crippen LogP contribution in [0.15, 0.2) is 12.1 Å². The highest BCUT2D eigenvalue weighted by Gasteiger charge is 2.50. The van der Waals surface area contributed by atoms with Crippen LogP contribution in [0.4, 0.5) is 10.2 Å². The lowest BCUT2D eigenvalue weighted by molar-refractivity contribution is -0.139. The van der Waals surface area contributed by atoms with Gasteiger partial charge >= 0.3 is 0 Å². The van der Waals surface area contributed by atoms with Crippen molar-refractivity contribution in [3.63, 3.8) is 0 Å². The summed E-state index contributed by atoms with van der Waals surface area (Å²) in [5.41, 5.74) is 0.0837.